The van der Waals surface area contributed by atoms with Crippen LogP contribution >= 0.6 is 0 Å². The number of ether oxygens (including phenoxy) is 2. The zero-order valence-electron chi connectivity index (χ0n) is 24.4. The second-order valence-electron chi connectivity index (χ2n) is 10.6. The van der Waals surface area contributed by atoms with Crippen molar-refractivity contribution in [3.05, 3.63) is 102 Å². The molecule has 4 aromatic rings. The molecule has 0 saturated carbocycles. The van der Waals surface area contributed by atoms with Crippen LogP contribution in [0.2, 0.25) is 0 Å². The molecule has 1 aromatic heterocycles. The Bertz CT molecular complexity index is 1680. The zero-order valence-corrected chi connectivity index (χ0v) is 25.2. The number of sulfonamides is 1. The fourth-order valence-electron chi connectivity index (χ4n) is 4.89. The van der Waals surface area contributed by atoms with Gasteiger partial charge in [-0.15, -0.1) is 0 Å². The number of methoxy groups -OCH3 is 1. The van der Waals surface area contributed by atoms with Crippen molar-refractivity contribution in [2.75, 3.05) is 41.8 Å². The normalized spacial score (nSPS) is 14.1. The lowest BCUT2D eigenvalue weighted by Crippen LogP contribution is -2.38. The van der Waals surface area contributed by atoms with Crippen LogP contribution in [0.4, 0.5) is 21.5 Å². The smallest absolute Gasteiger partial charge is 0.255 e. The number of amides is 1. The van der Waals surface area contributed by atoms with Gasteiger partial charge in [0.05, 0.1) is 19.1 Å². The Balaban J connectivity index is 1.07. The minimum Gasteiger partial charge on any atom is -0.493 e. The van der Waals surface area contributed by atoms with Crippen LogP contribution in [0.15, 0.2) is 85.1 Å². The van der Waals surface area contributed by atoms with Gasteiger partial charge < -0.3 is 20.1 Å². The molecule has 1 fully saturated rings. The maximum Gasteiger partial charge on any atom is 0.255 e. The summed E-state index contributed by atoms with van der Waals surface area (Å²) in [7, 11) is -1.92. The Morgan fingerprint density at radius 1 is 0.932 bits per heavy atom. The summed E-state index contributed by atoms with van der Waals surface area (Å²) in [5.74, 6) is 0.603. The molecular formula is C32H34FN5O5S. The highest BCUT2D eigenvalue weighted by Crippen LogP contribution is 2.33. The van der Waals surface area contributed by atoms with Crippen molar-refractivity contribution in [1.82, 2.24) is 9.88 Å². The molecular weight excluding hydrogens is 585 g/mol. The molecule has 0 spiro atoms. The second-order valence-corrected chi connectivity index (χ2v) is 12.3. The van der Waals surface area contributed by atoms with Crippen LogP contribution in [0.5, 0.6) is 17.4 Å². The summed E-state index contributed by atoms with van der Waals surface area (Å²) in [6.07, 6.45) is 4.83. The van der Waals surface area contributed by atoms with Crippen molar-refractivity contribution in [2.24, 2.45) is 0 Å². The minimum atomic E-state index is -3.41. The van der Waals surface area contributed by atoms with Gasteiger partial charge in [0.25, 0.3) is 5.91 Å². The van der Waals surface area contributed by atoms with Crippen molar-refractivity contribution in [1.29, 1.82) is 0 Å². The van der Waals surface area contributed by atoms with E-state index in [0.29, 0.717) is 40.4 Å². The third-order valence-electron chi connectivity index (χ3n) is 7.09. The van der Waals surface area contributed by atoms with Gasteiger partial charge in [-0.3, -0.25) is 14.4 Å². The molecule has 0 unspecified atom stereocenters. The zero-order chi connectivity index (χ0) is 31.1. The van der Waals surface area contributed by atoms with E-state index in [9.17, 15) is 17.6 Å². The van der Waals surface area contributed by atoms with Crippen LogP contribution in [0, 0.1) is 5.82 Å². The quantitative estimate of drug-likeness (QED) is 0.195. The van der Waals surface area contributed by atoms with Crippen LogP contribution in [-0.2, 0) is 16.6 Å². The number of carbonyl (C=O) groups is 1. The maximum atomic E-state index is 13.1. The average Bonchev–Trinajstić information content (AvgIpc) is 3.00. The molecule has 0 radical (unpaired) electrons. The molecule has 44 heavy (non-hydrogen) atoms. The van der Waals surface area contributed by atoms with Gasteiger partial charge in [0.2, 0.25) is 15.9 Å². The van der Waals surface area contributed by atoms with Crippen molar-refractivity contribution >= 4 is 33.0 Å². The van der Waals surface area contributed by atoms with E-state index in [4.69, 9.17) is 9.47 Å². The Kier molecular flexibility index (Phi) is 9.61. The minimum absolute atomic E-state index is 0.247. The lowest BCUT2D eigenvalue weighted by Gasteiger charge is -2.32. The van der Waals surface area contributed by atoms with E-state index < -0.39 is 10.0 Å². The van der Waals surface area contributed by atoms with Crippen molar-refractivity contribution in [3.63, 3.8) is 0 Å². The number of hydrogen-bond donors (Lipinski definition) is 3. The number of nitrogens with zero attached hydrogens (tertiary/aromatic N) is 2. The fraction of sp³-hybridized carbons (Fsp3) is 0.250. The van der Waals surface area contributed by atoms with E-state index in [-0.39, 0.29) is 11.7 Å². The van der Waals surface area contributed by atoms with Crippen LogP contribution in [-0.4, -0.2) is 56.7 Å². The van der Waals surface area contributed by atoms with Gasteiger partial charge in [0.15, 0.2) is 11.5 Å². The van der Waals surface area contributed by atoms with Crippen LogP contribution in [0.25, 0.3) is 0 Å². The number of carbonyl (C=O) groups excluding carboxylic acids is 1. The summed E-state index contributed by atoms with van der Waals surface area (Å²) < 4.78 is 49.7. The number of likely N-dealkylation sites (tertiary alicyclic amines) is 1. The molecule has 1 aliphatic heterocycles. The Morgan fingerprint density at radius 2 is 1.61 bits per heavy atom. The van der Waals surface area contributed by atoms with Gasteiger partial charge in [0, 0.05) is 60.9 Å². The lowest BCUT2D eigenvalue weighted by molar-refractivity contribution is 0.102. The van der Waals surface area contributed by atoms with E-state index in [1.165, 1.54) is 31.4 Å². The Morgan fingerprint density at radius 3 is 2.25 bits per heavy atom. The maximum absolute atomic E-state index is 13.1. The van der Waals surface area contributed by atoms with Crippen LogP contribution in [0.1, 0.15) is 28.8 Å². The number of anilines is 3. The molecule has 0 atom stereocenters. The highest BCUT2D eigenvalue weighted by Gasteiger charge is 2.20. The number of rotatable bonds is 11. The second kappa shape index (κ2) is 13.7. The highest BCUT2D eigenvalue weighted by atomic mass is 32.2. The standard InChI is InChI=1S/C32H34FN5O5S/c1-42-30-19-28(37-44(2,40)41)12-13-29(30)43-31-14-3-22(20-34-31)21-38-17-15-27(16-18-38)35-25-8-4-23(5-9-25)32(39)36-26-10-6-24(33)7-11-26/h3-14,19-20,27,35,37H,15-18,21H2,1-2H3,(H,36,39). The number of pyridine rings is 1. The number of aromatic nitrogens is 1. The monoisotopic (exact) mass is 619 g/mol. The molecule has 5 rings (SSSR count). The summed E-state index contributed by atoms with van der Waals surface area (Å²) in [5, 5.41) is 6.34. The predicted molar refractivity (Wildman–Crippen MR) is 168 cm³/mol. The van der Waals surface area contributed by atoms with E-state index in [1.807, 2.05) is 18.2 Å². The van der Waals surface area contributed by atoms with Gasteiger partial charge in [-0.05, 0) is 79.1 Å². The Labute approximate surface area is 256 Å². The largest absolute Gasteiger partial charge is 0.493 e. The van der Waals surface area contributed by atoms with Gasteiger partial charge in [0.1, 0.15) is 5.82 Å². The summed E-state index contributed by atoms with van der Waals surface area (Å²) in [6, 6.07) is 21.9. The fourth-order valence-corrected chi connectivity index (χ4v) is 5.45. The first-order chi connectivity index (χ1) is 21.1. The molecule has 1 aliphatic rings. The molecule has 0 bridgehead atoms. The first-order valence-electron chi connectivity index (χ1n) is 14.1. The number of halogens is 1. The van der Waals surface area contributed by atoms with E-state index >= 15 is 0 Å². The molecule has 12 heteroatoms. The van der Waals surface area contributed by atoms with Gasteiger partial charge in [-0.1, -0.05) is 6.07 Å². The lowest BCUT2D eigenvalue weighted by atomic mass is 10.0. The third kappa shape index (κ3) is 8.68. The molecule has 1 amide bonds. The van der Waals surface area contributed by atoms with E-state index in [1.54, 1.807) is 42.6 Å². The summed E-state index contributed by atoms with van der Waals surface area (Å²) in [5.41, 5.74) is 3.47. The Hall–Kier alpha value is -4.68. The number of piperidine rings is 1. The summed E-state index contributed by atoms with van der Waals surface area (Å²) >= 11 is 0. The van der Waals surface area contributed by atoms with E-state index in [2.05, 4.69) is 25.2 Å². The van der Waals surface area contributed by atoms with Crippen molar-refractivity contribution in [3.8, 4) is 17.4 Å². The number of hydrogen-bond acceptors (Lipinski definition) is 8. The average molecular weight is 620 g/mol. The first kappa shape index (κ1) is 30.8. The number of nitrogens with one attached hydrogen (secondary N) is 3. The summed E-state index contributed by atoms with van der Waals surface area (Å²) in [4.78, 5) is 19.3. The first-order valence-corrected chi connectivity index (χ1v) is 16.0. The highest BCUT2D eigenvalue weighted by molar-refractivity contribution is 7.92. The number of benzene rings is 3. The molecule has 230 valence electrons. The predicted octanol–water partition coefficient (Wildman–Crippen LogP) is 5.72. The molecule has 2 heterocycles. The molecule has 3 aromatic carbocycles. The third-order valence-corrected chi connectivity index (χ3v) is 7.70. The van der Waals surface area contributed by atoms with Crippen molar-refractivity contribution in [2.45, 2.75) is 25.4 Å². The van der Waals surface area contributed by atoms with Gasteiger partial charge in [-0.2, -0.15) is 0 Å². The van der Waals surface area contributed by atoms with Gasteiger partial charge >= 0.3 is 0 Å². The SMILES string of the molecule is COc1cc(NS(C)(=O)=O)ccc1Oc1ccc(CN2CCC(Nc3ccc(C(=O)Nc4ccc(F)cc4)cc3)CC2)cn1. The molecule has 0 aliphatic carbocycles. The topological polar surface area (TPSA) is 122 Å². The van der Waals surface area contributed by atoms with E-state index in [0.717, 1.165) is 50.0 Å². The van der Waals surface area contributed by atoms with Crippen LogP contribution < -0.4 is 24.8 Å². The van der Waals surface area contributed by atoms with Gasteiger partial charge in [-0.25, -0.2) is 17.8 Å². The molecule has 3 N–H and O–H groups in total. The summed E-state index contributed by atoms with van der Waals surface area (Å²) in [6.45, 7) is 2.63. The molecule has 1 saturated heterocycles. The van der Waals surface area contributed by atoms with Crippen LogP contribution in [0.3, 0.4) is 0 Å². The van der Waals surface area contributed by atoms with Crippen molar-refractivity contribution < 1.29 is 27.1 Å². The molecule has 10 nitrogen and oxygen atoms in total.